The monoisotopic (exact) mass is 383 g/mol. The second kappa shape index (κ2) is 5.37. The van der Waals surface area contributed by atoms with Crippen LogP contribution in [0, 0.1) is 11.3 Å². The van der Waals surface area contributed by atoms with E-state index in [9.17, 15) is 5.26 Å². The molecule has 0 radical (unpaired) electrons. The first-order chi connectivity index (χ1) is 14.8. The number of aromatic nitrogens is 2. The van der Waals surface area contributed by atoms with Crippen molar-refractivity contribution in [2.75, 3.05) is 0 Å². The third-order valence-corrected chi connectivity index (χ3v) is 5.98. The standard InChI is InChI=1S/C26H13N3O/c27-14-15-9-10-24-18(11-15)19-12-17-16-5-1-3-7-22(16)29-23-8-4-2-6-21(23)28-26(29)20(17)13-25(19)30-24/h1-13H. The van der Waals surface area contributed by atoms with E-state index in [0.717, 1.165) is 60.3 Å². The molecule has 0 aliphatic carbocycles. The van der Waals surface area contributed by atoms with Crippen LogP contribution in [0.5, 0.6) is 0 Å². The summed E-state index contributed by atoms with van der Waals surface area (Å²) in [5, 5.41) is 14.6. The minimum absolute atomic E-state index is 0.630. The normalized spacial score (nSPS) is 12.0. The molecule has 0 atom stereocenters. The molecular weight excluding hydrogens is 370 g/mol. The largest absolute Gasteiger partial charge is 0.456 e. The van der Waals surface area contributed by atoms with E-state index >= 15 is 0 Å². The minimum atomic E-state index is 0.630. The molecule has 0 aliphatic rings. The van der Waals surface area contributed by atoms with Gasteiger partial charge in [0, 0.05) is 21.5 Å². The van der Waals surface area contributed by atoms with Crippen molar-refractivity contribution >= 4 is 60.3 Å². The van der Waals surface area contributed by atoms with E-state index in [4.69, 9.17) is 9.40 Å². The van der Waals surface area contributed by atoms with Gasteiger partial charge in [-0.15, -0.1) is 0 Å². The van der Waals surface area contributed by atoms with Gasteiger partial charge in [0.15, 0.2) is 0 Å². The summed E-state index contributed by atoms with van der Waals surface area (Å²) in [5.74, 6) is 0. The van der Waals surface area contributed by atoms with Gasteiger partial charge in [-0.2, -0.15) is 5.26 Å². The van der Waals surface area contributed by atoms with Gasteiger partial charge in [0.25, 0.3) is 0 Å². The van der Waals surface area contributed by atoms with Crippen LogP contribution in [0.3, 0.4) is 0 Å². The Morgan fingerprint density at radius 1 is 0.700 bits per heavy atom. The molecule has 0 saturated heterocycles. The second-order valence-electron chi connectivity index (χ2n) is 7.60. The average Bonchev–Trinajstić information content (AvgIpc) is 3.36. The predicted molar refractivity (Wildman–Crippen MR) is 120 cm³/mol. The van der Waals surface area contributed by atoms with Crippen molar-refractivity contribution in [3.05, 3.63) is 84.4 Å². The van der Waals surface area contributed by atoms with Crippen LogP contribution in [0.1, 0.15) is 5.56 Å². The smallest absolute Gasteiger partial charge is 0.146 e. The number of benzene rings is 4. The number of nitrogens with zero attached hydrogens (tertiary/aromatic N) is 3. The number of para-hydroxylation sites is 3. The van der Waals surface area contributed by atoms with Gasteiger partial charge in [-0.25, -0.2) is 4.98 Å². The molecule has 4 aromatic carbocycles. The van der Waals surface area contributed by atoms with Crippen LogP contribution >= 0.6 is 0 Å². The zero-order valence-electron chi connectivity index (χ0n) is 15.8. The van der Waals surface area contributed by atoms with Gasteiger partial charge in [0.1, 0.15) is 16.8 Å². The van der Waals surface area contributed by atoms with Gasteiger partial charge in [-0.3, -0.25) is 4.40 Å². The van der Waals surface area contributed by atoms with Crippen LogP contribution in [0.2, 0.25) is 0 Å². The van der Waals surface area contributed by atoms with E-state index in [1.54, 1.807) is 6.07 Å². The lowest BCUT2D eigenvalue weighted by molar-refractivity contribution is 0.669. The molecule has 0 fully saturated rings. The predicted octanol–water partition coefficient (Wildman–Crippen LogP) is 6.56. The quantitative estimate of drug-likeness (QED) is 0.279. The number of pyridine rings is 1. The van der Waals surface area contributed by atoms with Crippen molar-refractivity contribution in [2.24, 2.45) is 0 Å². The van der Waals surface area contributed by atoms with Crippen LogP contribution < -0.4 is 0 Å². The lowest BCUT2D eigenvalue weighted by atomic mass is 10.0. The molecule has 0 bridgehead atoms. The lowest BCUT2D eigenvalue weighted by Crippen LogP contribution is -1.91. The highest BCUT2D eigenvalue weighted by molar-refractivity contribution is 6.20. The minimum Gasteiger partial charge on any atom is -0.456 e. The average molecular weight is 383 g/mol. The van der Waals surface area contributed by atoms with Crippen molar-refractivity contribution < 1.29 is 4.42 Å². The maximum Gasteiger partial charge on any atom is 0.146 e. The van der Waals surface area contributed by atoms with Crippen molar-refractivity contribution in [1.82, 2.24) is 9.38 Å². The Hall–Kier alpha value is -4.36. The maximum atomic E-state index is 9.32. The van der Waals surface area contributed by atoms with Crippen molar-refractivity contribution in [3.8, 4) is 6.07 Å². The SMILES string of the molecule is N#Cc1ccc2oc3cc4c(cc3c2c1)c1ccccc1n1c2ccccc2nc41. The van der Waals surface area contributed by atoms with Crippen molar-refractivity contribution in [3.63, 3.8) is 0 Å². The topological polar surface area (TPSA) is 54.2 Å². The Balaban J connectivity index is 1.78. The first-order valence-corrected chi connectivity index (χ1v) is 9.80. The van der Waals surface area contributed by atoms with Crippen LogP contribution in [-0.2, 0) is 0 Å². The molecule has 0 N–H and O–H groups in total. The van der Waals surface area contributed by atoms with E-state index in [-0.39, 0.29) is 0 Å². The third kappa shape index (κ3) is 1.86. The summed E-state index contributed by atoms with van der Waals surface area (Å²) in [5.41, 5.74) is 6.33. The summed E-state index contributed by atoms with van der Waals surface area (Å²) in [6, 6.07) is 28.7. The highest BCUT2D eigenvalue weighted by Crippen LogP contribution is 2.38. The molecule has 0 amide bonds. The summed E-state index contributed by atoms with van der Waals surface area (Å²) < 4.78 is 8.38. The van der Waals surface area contributed by atoms with E-state index in [1.165, 1.54) is 0 Å². The van der Waals surface area contributed by atoms with Crippen LogP contribution in [0.15, 0.2) is 83.3 Å². The number of hydrogen-bond acceptors (Lipinski definition) is 3. The van der Waals surface area contributed by atoms with Gasteiger partial charge >= 0.3 is 0 Å². The Bertz CT molecular complexity index is 1860. The summed E-state index contributed by atoms with van der Waals surface area (Å²) in [6.45, 7) is 0. The second-order valence-corrected chi connectivity index (χ2v) is 7.60. The summed E-state index contributed by atoms with van der Waals surface area (Å²) in [4.78, 5) is 4.96. The molecule has 138 valence electrons. The third-order valence-electron chi connectivity index (χ3n) is 5.98. The van der Waals surface area contributed by atoms with Crippen molar-refractivity contribution in [2.45, 2.75) is 0 Å². The number of nitriles is 1. The molecule has 30 heavy (non-hydrogen) atoms. The molecule has 7 rings (SSSR count). The summed E-state index contributed by atoms with van der Waals surface area (Å²) in [7, 11) is 0. The Kier molecular flexibility index (Phi) is 2.78. The molecule has 4 heteroatoms. The van der Waals surface area contributed by atoms with Crippen molar-refractivity contribution in [1.29, 1.82) is 5.26 Å². The first kappa shape index (κ1) is 15.5. The fourth-order valence-corrected chi connectivity index (χ4v) is 4.65. The van der Waals surface area contributed by atoms with Gasteiger partial charge < -0.3 is 4.42 Å². The van der Waals surface area contributed by atoms with Gasteiger partial charge in [-0.05, 0) is 53.9 Å². The summed E-state index contributed by atoms with van der Waals surface area (Å²) in [6.07, 6.45) is 0. The first-order valence-electron chi connectivity index (χ1n) is 9.80. The Morgan fingerprint density at radius 2 is 1.50 bits per heavy atom. The molecular formula is C26H13N3O. The summed E-state index contributed by atoms with van der Waals surface area (Å²) >= 11 is 0. The molecule has 4 nitrogen and oxygen atoms in total. The highest BCUT2D eigenvalue weighted by Gasteiger charge is 2.16. The fraction of sp³-hybridized carbons (Fsp3) is 0. The van der Waals surface area contributed by atoms with Gasteiger partial charge in [0.05, 0.1) is 28.2 Å². The Morgan fingerprint density at radius 3 is 2.40 bits per heavy atom. The zero-order valence-corrected chi connectivity index (χ0v) is 15.8. The number of hydrogen-bond donors (Lipinski definition) is 0. The molecule has 0 spiro atoms. The van der Waals surface area contributed by atoms with Crippen LogP contribution in [0.25, 0.3) is 60.3 Å². The highest BCUT2D eigenvalue weighted by atomic mass is 16.3. The molecule has 0 aliphatic heterocycles. The van der Waals surface area contributed by atoms with E-state index < -0.39 is 0 Å². The number of fused-ring (bicyclic) bond motifs is 11. The molecule has 0 unspecified atom stereocenters. The van der Waals surface area contributed by atoms with E-state index in [1.807, 2.05) is 30.3 Å². The van der Waals surface area contributed by atoms with Crippen LogP contribution in [0.4, 0.5) is 0 Å². The zero-order chi connectivity index (χ0) is 19.8. The number of furan rings is 1. The van der Waals surface area contributed by atoms with E-state index in [0.29, 0.717) is 5.56 Å². The van der Waals surface area contributed by atoms with Crippen LogP contribution in [-0.4, -0.2) is 9.38 Å². The molecule has 3 heterocycles. The number of imidazole rings is 1. The molecule has 3 aromatic heterocycles. The molecule has 0 saturated carbocycles. The Labute approximate surface area is 170 Å². The maximum absolute atomic E-state index is 9.32. The number of rotatable bonds is 0. The fourth-order valence-electron chi connectivity index (χ4n) is 4.65. The van der Waals surface area contributed by atoms with Gasteiger partial charge in [0.2, 0.25) is 0 Å². The van der Waals surface area contributed by atoms with E-state index in [2.05, 4.69) is 52.9 Å². The molecule has 7 aromatic rings. The lowest BCUT2D eigenvalue weighted by Gasteiger charge is -2.09. The van der Waals surface area contributed by atoms with Gasteiger partial charge in [-0.1, -0.05) is 30.3 Å².